The number of hydrogen-bond acceptors (Lipinski definition) is 8. The molecule has 2 fully saturated rings. The van der Waals surface area contributed by atoms with Crippen molar-refractivity contribution in [3.8, 4) is 22.8 Å². The second-order valence-corrected chi connectivity index (χ2v) is 8.94. The van der Waals surface area contributed by atoms with Gasteiger partial charge in [0.25, 0.3) is 0 Å². The van der Waals surface area contributed by atoms with Crippen LogP contribution in [-0.2, 0) is 0 Å². The molecule has 3 aromatic rings. The van der Waals surface area contributed by atoms with Crippen molar-refractivity contribution in [1.82, 2.24) is 25.2 Å². The van der Waals surface area contributed by atoms with Gasteiger partial charge in [-0.2, -0.15) is 4.98 Å². The average Bonchev–Trinajstić information content (AvgIpc) is 3.40. The number of nitrogens with two attached hydrogens (primary N) is 1. The highest BCUT2D eigenvalue weighted by Crippen LogP contribution is 2.33. The Hall–Kier alpha value is -3.82. The number of hydrogen-bond donors (Lipinski definition) is 2. The van der Waals surface area contributed by atoms with Crippen LogP contribution in [0.2, 0.25) is 0 Å². The predicted octanol–water partition coefficient (Wildman–Crippen LogP) is 3.07. The Kier molecular flexibility index (Phi) is 6.43. The van der Waals surface area contributed by atoms with Gasteiger partial charge in [0.15, 0.2) is 17.3 Å². The minimum Gasteiger partial charge on any atom is -0.493 e. The highest BCUT2D eigenvalue weighted by molar-refractivity contribution is 5.89. The van der Waals surface area contributed by atoms with Gasteiger partial charge in [0, 0.05) is 37.8 Å². The van der Waals surface area contributed by atoms with Gasteiger partial charge in [0.05, 0.1) is 25.4 Å². The number of benzene rings is 1. The second kappa shape index (κ2) is 9.81. The number of methoxy groups -OCH3 is 2. The molecule has 3 heterocycles. The summed E-state index contributed by atoms with van der Waals surface area (Å²) in [5, 5.41) is 3.18. The number of aromatic nitrogens is 3. The van der Waals surface area contributed by atoms with Crippen molar-refractivity contribution in [2.75, 3.05) is 51.0 Å². The van der Waals surface area contributed by atoms with Gasteiger partial charge in [-0.15, -0.1) is 0 Å². The smallest absolute Gasteiger partial charge is 0.317 e. The van der Waals surface area contributed by atoms with Gasteiger partial charge in [-0.05, 0) is 43.2 Å². The number of rotatable bonds is 5. The molecule has 0 radical (unpaired) electrons. The summed E-state index contributed by atoms with van der Waals surface area (Å²) in [6.07, 6.45) is 4.54. The molecular weight excluding hydrogens is 446 g/mol. The van der Waals surface area contributed by atoms with E-state index < -0.39 is 0 Å². The molecule has 1 saturated carbocycles. The summed E-state index contributed by atoms with van der Waals surface area (Å²) in [4.78, 5) is 30.5. The molecule has 35 heavy (non-hydrogen) atoms. The van der Waals surface area contributed by atoms with Gasteiger partial charge in [-0.25, -0.2) is 14.8 Å². The van der Waals surface area contributed by atoms with E-state index in [0.717, 1.165) is 24.1 Å². The van der Waals surface area contributed by atoms with Crippen molar-refractivity contribution >= 4 is 28.8 Å². The van der Waals surface area contributed by atoms with Crippen molar-refractivity contribution in [1.29, 1.82) is 0 Å². The molecule has 5 rings (SSSR count). The van der Waals surface area contributed by atoms with Crippen LogP contribution in [0.15, 0.2) is 30.3 Å². The summed E-state index contributed by atoms with van der Waals surface area (Å²) in [6, 6.07) is 9.84. The molecule has 0 bridgehead atoms. The maximum Gasteiger partial charge on any atom is 0.317 e. The van der Waals surface area contributed by atoms with Crippen molar-refractivity contribution in [3.63, 3.8) is 0 Å². The minimum atomic E-state index is 0.0254. The van der Waals surface area contributed by atoms with Crippen molar-refractivity contribution < 1.29 is 14.3 Å². The molecular formula is C25H31N7O3. The molecule has 1 aliphatic heterocycles. The van der Waals surface area contributed by atoms with Crippen LogP contribution in [0.3, 0.4) is 0 Å². The summed E-state index contributed by atoms with van der Waals surface area (Å²) in [6.45, 7) is 2.51. The Balaban J connectivity index is 1.39. The van der Waals surface area contributed by atoms with E-state index in [4.69, 9.17) is 20.2 Å². The third-order valence-corrected chi connectivity index (χ3v) is 6.77. The van der Waals surface area contributed by atoms with Crippen LogP contribution < -0.4 is 25.4 Å². The number of carbonyl (C=O) groups is 1. The number of nitrogens with one attached hydrogen (secondary N) is 1. The van der Waals surface area contributed by atoms with Crippen molar-refractivity contribution in [2.24, 2.45) is 0 Å². The summed E-state index contributed by atoms with van der Waals surface area (Å²) in [5.74, 6) is 2.18. The standard InChI is InChI=1S/C25H31N7O3/c1-34-20-10-7-16(15-21(20)35-2)18-8-9-19-22(28-18)23(30-24(26)29-19)31-11-13-32(14-12-31)25(33)27-17-5-3-4-6-17/h7-10,15,17H,3-6,11-14H2,1-2H3,(H,27,33)(H2,26,29,30). The zero-order chi connectivity index (χ0) is 24.4. The predicted molar refractivity (Wildman–Crippen MR) is 135 cm³/mol. The van der Waals surface area contributed by atoms with E-state index in [1.165, 1.54) is 12.8 Å². The average molecular weight is 478 g/mol. The zero-order valence-corrected chi connectivity index (χ0v) is 20.2. The fraction of sp³-hybridized carbons (Fsp3) is 0.440. The fourth-order valence-electron chi connectivity index (χ4n) is 4.85. The molecule has 10 heteroatoms. The Morgan fingerprint density at radius 2 is 1.71 bits per heavy atom. The molecule has 2 aromatic heterocycles. The molecule has 3 N–H and O–H groups in total. The second-order valence-electron chi connectivity index (χ2n) is 8.94. The molecule has 1 saturated heterocycles. The maximum absolute atomic E-state index is 12.7. The third kappa shape index (κ3) is 4.73. The number of fused-ring (bicyclic) bond motifs is 1. The lowest BCUT2D eigenvalue weighted by atomic mass is 10.1. The van der Waals surface area contributed by atoms with Crippen LogP contribution in [0.1, 0.15) is 25.7 Å². The first-order valence-electron chi connectivity index (χ1n) is 12.0. The highest BCUT2D eigenvalue weighted by atomic mass is 16.5. The number of piperazine rings is 1. The number of carbonyl (C=O) groups excluding carboxylic acids is 1. The molecule has 2 aliphatic rings. The lowest BCUT2D eigenvalue weighted by molar-refractivity contribution is 0.190. The van der Waals surface area contributed by atoms with E-state index >= 15 is 0 Å². The van der Waals surface area contributed by atoms with Crippen molar-refractivity contribution in [2.45, 2.75) is 31.7 Å². The lowest BCUT2D eigenvalue weighted by Gasteiger charge is -2.36. The van der Waals surface area contributed by atoms with E-state index in [1.54, 1.807) is 14.2 Å². The highest BCUT2D eigenvalue weighted by Gasteiger charge is 2.26. The molecule has 0 unspecified atom stereocenters. The third-order valence-electron chi connectivity index (χ3n) is 6.77. The number of pyridine rings is 1. The van der Waals surface area contributed by atoms with E-state index in [-0.39, 0.29) is 12.0 Å². The largest absolute Gasteiger partial charge is 0.493 e. The molecule has 1 aromatic carbocycles. The van der Waals surface area contributed by atoms with Crippen molar-refractivity contribution in [3.05, 3.63) is 30.3 Å². The van der Waals surface area contributed by atoms with Crippen LogP contribution in [0.4, 0.5) is 16.6 Å². The Morgan fingerprint density at radius 1 is 0.971 bits per heavy atom. The van der Waals surface area contributed by atoms with Crippen LogP contribution >= 0.6 is 0 Å². The van der Waals surface area contributed by atoms with Crippen LogP contribution in [0.25, 0.3) is 22.3 Å². The summed E-state index contributed by atoms with van der Waals surface area (Å²) in [7, 11) is 3.22. The molecule has 2 amide bonds. The van der Waals surface area contributed by atoms with Gasteiger partial charge >= 0.3 is 6.03 Å². The quantitative estimate of drug-likeness (QED) is 0.576. The number of anilines is 2. The lowest BCUT2D eigenvalue weighted by Crippen LogP contribution is -2.53. The number of urea groups is 1. The first-order chi connectivity index (χ1) is 17.1. The van der Waals surface area contributed by atoms with E-state index in [2.05, 4.69) is 20.2 Å². The van der Waals surface area contributed by atoms with Crippen LogP contribution in [0.5, 0.6) is 11.5 Å². The Morgan fingerprint density at radius 3 is 2.43 bits per heavy atom. The number of nitrogen functional groups attached to an aromatic ring is 1. The van der Waals surface area contributed by atoms with E-state index in [0.29, 0.717) is 60.6 Å². The minimum absolute atomic E-state index is 0.0254. The normalized spacial score (nSPS) is 16.5. The molecule has 10 nitrogen and oxygen atoms in total. The number of nitrogens with zero attached hydrogens (tertiary/aromatic N) is 5. The number of ether oxygens (including phenoxy) is 2. The van der Waals surface area contributed by atoms with E-state index in [1.807, 2.05) is 35.2 Å². The zero-order valence-electron chi connectivity index (χ0n) is 20.2. The fourth-order valence-corrected chi connectivity index (χ4v) is 4.85. The van der Waals surface area contributed by atoms with E-state index in [9.17, 15) is 4.79 Å². The monoisotopic (exact) mass is 477 g/mol. The summed E-state index contributed by atoms with van der Waals surface area (Å²) < 4.78 is 10.8. The molecule has 0 spiro atoms. The molecule has 0 atom stereocenters. The van der Waals surface area contributed by atoms with Crippen LogP contribution in [0, 0.1) is 0 Å². The van der Waals surface area contributed by atoms with Gasteiger partial charge in [0.1, 0.15) is 5.52 Å². The first-order valence-corrected chi connectivity index (χ1v) is 12.0. The number of amides is 2. The van der Waals surface area contributed by atoms with Gasteiger partial charge in [-0.1, -0.05) is 12.8 Å². The van der Waals surface area contributed by atoms with Gasteiger partial charge in [-0.3, -0.25) is 0 Å². The topological polar surface area (TPSA) is 119 Å². The van der Waals surface area contributed by atoms with Crippen LogP contribution in [-0.4, -0.2) is 72.3 Å². The Bertz CT molecular complexity index is 1220. The first kappa shape index (κ1) is 22.9. The summed E-state index contributed by atoms with van der Waals surface area (Å²) >= 11 is 0. The van der Waals surface area contributed by atoms with Gasteiger partial charge < -0.3 is 30.3 Å². The summed E-state index contributed by atoms with van der Waals surface area (Å²) in [5.41, 5.74) is 9.05. The van der Waals surface area contributed by atoms with Gasteiger partial charge in [0.2, 0.25) is 5.95 Å². The SMILES string of the molecule is COc1ccc(-c2ccc3nc(N)nc(N4CCN(C(=O)NC5CCCC5)CC4)c3n2)cc1OC. The Labute approximate surface area is 204 Å². The maximum atomic E-state index is 12.7. The molecule has 184 valence electrons. The molecule has 1 aliphatic carbocycles.